The molecule has 2 nitrogen and oxygen atoms in total. The molecule has 11 heavy (non-hydrogen) atoms. The average molecular weight is 159 g/mol. The fourth-order valence-electron chi connectivity index (χ4n) is 1.24. The second-order valence-electron chi connectivity index (χ2n) is 3.11. The summed E-state index contributed by atoms with van der Waals surface area (Å²) in [5.74, 6) is 0.307. The van der Waals surface area contributed by atoms with Crippen LogP contribution in [0.5, 0.6) is 0 Å². The van der Waals surface area contributed by atoms with Crippen molar-refractivity contribution in [1.29, 1.82) is 0 Å². The lowest BCUT2D eigenvalue weighted by Crippen LogP contribution is -2.27. The third kappa shape index (κ3) is 4.38. The molecule has 0 aliphatic heterocycles. The fraction of sp³-hybridized carbons (Fsp3) is 1.00. The van der Waals surface area contributed by atoms with Gasteiger partial charge in [-0.3, -0.25) is 0 Å². The number of aliphatic hydroxyl groups excluding tert-OH is 1. The third-order valence-electron chi connectivity index (χ3n) is 2.22. The second-order valence-corrected chi connectivity index (χ2v) is 3.11. The van der Waals surface area contributed by atoms with Gasteiger partial charge in [-0.1, -0.05) is 26.7 Å². The Morgan fingerprint density at radius 2 is 2.00 bits per heavy atom. The fourth-order valence-corrected chi connectivity index (χ4v) is 1.24. The van der Waals surface area contributed by atoms with Crippen LogP contribution in [-0.4, -0.2) is 17.8 Å². The lowest BCUT2D eigenvalue weighted by atomic mass is 9.96. The van der Waals surface area contributed by atoms with Crippen molar-refractivity contribution < 1.29 is 5.11 Å². The lowest BCUT2D eigenvalue weighted by molar-refractivity contribution is 0.0981. The molecule has 0 fully saturated rings. The maximum atomic E-state index is 9.56. The zero-order chi connectivity index (χ0) is 8.69. The molecule has 68 valence electrons. The van der Waals surface area contributed by atoms with Gasteiger partial charge >= 0.3 is 0 Å². The van der Waals surface area contributed by atoms with E-state index in [-0.39, 0.29) is 6.10 Å². The monoisotopic (exact) mass is 159 g/mol. The van der Waals surface area contributed by atoms with Crippen LogP contribution >= 0.6 is 0 Å². The highest BCUT2D eigenvalue weighted by molar-refractivity contribution is 4.67. The normalized spacial score (nSPS) is 16.4. The van der Waals surface area contributed by atoms with E-state index in [1.807, 2.05) is 0 Å². The Bertz CT molecular complexity index is 81.6. The zero-order valence-corrected chi connectivity index (χ0v) is 7.71. The molecule has 0 amide bonds. The number of hydrogen-bond donors (Lipinski definition) is 2. The van der Waals surface area contributed by atoms with E-state index in [9.17, 15) is 5.11 Å². The van der Waals surface area contributed by atoms with Gasteiger partial charge in [-0.05, 0) is 25.3 Å². The van der Waals surface area contributed by atoms with Crippen LogP contribution in [0.4, 0.5) is 0 Å². The van der Waals surface area contributed by atoms with E-state index in [4.69, 9.17) is 5.73 Å². The van der Waals surface area contributed by atoms with Crippen molar-refractivity contribution in [2.75, 3.05) is 6.54 Å². The number of unbranched alkanes of at least 4 members (excludes halogenated alkanes) is 1. The predicted octanol–water partition coefficient (Wildman–Crippen LogP) is 1.52. The number of rotatable bonds is 6. The van der Waals surface area contributed by atoms with E-state index in [1.165, 1.54) is 0 Å². The standard InChI is InChI=1S/C9H21NO/c1-3-5-6-9(11)8(4-2)7-10/h8-9,11H,3-7,10H2,1-2H3. The smallest absolute Gasteiger partial charge is 0.0580 e. The minimum Gasteiger partial charge on any atom is -0.393 e. The Morgan fingerprint density at radius 1 is 1.36 bits per heavy atom. The van der Waals surface area contributed by atoms with Crippen molar-refractivity contribution in [3.8, 4) is 0 Å². The molecule has 2 unspecified atom stereocenters. The van der Waals surface area contributed by atoms with Crippen molar-refractivity contribution in [2.24, 2.45) is 11.7 Å². The van der Waals surface area contributed by atoms with Crippen LogP contribution < -0.4 is 5.73 Å². The van der Waals surface area contributed by atoms with Crippen LogP contribution in [0.2, 0.25) is 0 Å². The van der Waals surface area contributed by atoms with Crippen molar-refractivity contribution >= 4 is 0 Å². The van der Waals surface area contributed by atoms with Gasteiger partial charge in [0.15, 0.2) is 0 Å². The van der Waals surface area contributed by atoms with Crippen LogP contribution in [0.3, 0.4) is 0 Å². The molecule has 0 radical (unpaired) electrons. The van der Waals surface area contributed by atoms with Crippen molar-refractivity contribution in [3.63, 3.8) is 0 Å². The minimum atomic E-state index is -0.176. The molecule has 0 heterocycles. The van der Waals surface area contributed by atoms with Crippen LogP contribution in [0.25, 0.3) is 0 Å². The summed E-state index contributed by atoms with van der Waals surface area (Å²) in [6.45, 7) is 4.82. The van der Waals surface area contributed by atoms with Gasteiger partial charge in [0.05, 0.1) is 6.10 Å². The molecule has 0 saturated heterocycles. The minimum absolute atomic E-state index is 0.176. The summed E-state index contributed by atoms with van der Waals surface area (Å²) in [5.41, 5.74) is 5.50. The van der Waals surface area contributed by atoms with Gasteiger partial charge in [-0.15, -0.1) is 0 Å². The molecule has 0 aliphatic rings. The first-order chi connectivity index (χ1) is 5.26. The zero-order valence-electron chi connectivity index (χ0n) is 7.71. The first kappa shape index (κ1) is 10.9. The lowest BCUT2D eigenvalue weighted by Gasteiger charge is -2.19. The van der Waals surface area contributed by atoms with Gasteiger partial charge in [0, 0.05) is 0 Å². The Morgan fingerprint density at radius 3 is 2.36 bits per heavy atom. The summed E-state index contributed by atoms with van der Waals surface area (Å²) < 4.78 is 0. The van der Waals surface area contributed by atoms with Gasteiger partial charge in [0.1, 0.15) is 0 Å². The third-order valence-corrected chi connectivity index (χ3v) is 2.22. The maximum absolute atomic E-state index is 9.56. The van der Waals surface area contributed by atoms with Crippen LogP contribution in [0.1, 0.15) is 39.5 Å². The van der Waals surface area contributed by atoms with Gasteiger partial charge < -0.3 is 10.8 Å². The van der Waals surface area contributed by atoms with Gasteiger partial charge in [-0.25, -0.2) is 0 Å². The molecule has 2 atom stereocenters. The molecule has 0 aliphatic carbocycles. The Balaban J connectivity index is 3.51. The average Bonchev–Trinajstić information content (AvgIpc) is 2.03. The van der Waals surface area contributed by atoms with Crippen molar-refractivity contribution in [1.82, 2.24) is 0 Å². The summed E-state index contributed by atoms with van der Waals surface area (Å²) in [4.78, 5) is 0. The van der Waals surface area contributed by atoms with E-state index >= 15 is 0 Å². The molecule has 2 heteroatoms. The summed E-state index contributed by atoms with van der Waals surface area (Å²) in [7, 11) is 0. The molecule has 0 spiro atoms. The van der Waals surface area contributed by atoms with Crippen molar-refractivity contribution in [3.05, 3.63) is 0 Å². The highest BCUT2D eigenvalue weighted by atomic mass is 16.3. The van der Waals surface area contributed by atoms with E-state index < -0.39 is 0 Å². The molecular formula is C9H21NO. The van der Waals surface area contributed by atoms with Crippen LogP contribution in [0.15, 0.2) is 0 Å². The summed E-state index contributed by atoms with van der Waals surface area (Å²) in [6, 6.07) is 0. The van der Waals surface area contributed by atoms with Gasteiger partial charge in [-0.2, -0.15) is 0 Å². The Hall–Kier alpha value is -0.0800. The molecule has 0 aromatic carbocycles. The van der Waals surface area contributed by atoms with E-state index in [0.29, 0.717) is 12.5 Å². The molecule has 0 aromatic heterocycles. The van der Waals surface area contributed by atoms with Crippen molar-refractivity contribution in [2.45, 2.75) is 45.6 Å². The number of aliphatic hydroxyl groups is 1. The molecule has 3 N–H and O–H groups in total. The first-order valence-corrected chi connectivity index (χ1v) is 4.64. The number of hydrogen-bond acceptors (Lipinski definition) is 2. The highest BCUT2D eigenvalue weighted by Crippen LogP contribution is 2.12. The first-order valence-electron chi connectivity index (χ1n) is 4.64. The quantitative estimate of drug-likeness (QED) is 0.617. The maximum Gasteiger partial charge on any atom is 0.0580 e. The molecular weight excluding hydrogens is 138 g/mol. The van der Waals surface area contributed by atoms with Crippen LogP contribution in [-0.2, 0) is 0 Å². The van der Waals surface area contributed by atoms with E-state index in [1.54, 1.807) is 0 Å². The van der Waals surface area contributed by atoms with E-state index in [0.717, 1.165) is 25.7 Å². The summed E-state index contributed by atoms with van der Waals surface area (Å²) >= 11 is 0. The Labute approximate surface area is 69.8 Å². The molecule has 0 rings (SSSR count). The topological polar surface area (TPSA) is 46.2 Å². The highest BCUT2D eigenvalue weighted by Gasteiger charge is 2.14. The van der Waals surface area contributed by atoms with E-state index in [2.05, 4.69) is 13.8 Å². The predicted molar refractivity (Wildman–Crippen MR) is 48.4 cm³/mol. The Kier molecular flexibility index (Phi) is 6.57. The largest absolute Gasteiger partial charge is 0.393 e. The molecule has 0 aromatic rings. The summed E-state index contributed by atoms with van der Waals surface area (Å²) in [6.07, 6.45) is 3.98. The molecule has 0 bridgehead atoms. The molecule has 0 saturated carbocycles. The SMILES string of the molecule is CCCCC(O)C(CC)CN. The van der Waals surface area contributed by atoms with Gasteiger partial charge in [0.2, 0.25) is 0 Å². The number of nitrogens with two attached hydrogens (primary N) is 1. The second kappa shape index (κ2) is 6.62. The van der Waals surface area contributed by atoms with Gasteiger partial charge in [0.25, 0.3) is 0 Å². The summed E-state index contributed by atoms with van der Waals surface area (Å²) in [5, 5.41) is 9.56. The van der Waals surface area contributed by atoms with Crippen LogP contribution in [0, 0.1) is 5.92 Å².